The molecule has 31 heavy (non-hydrogen) atoms. The van der Waals surface area contributed by atoms with E-state index in [1.165, 1.54) is 24.3 Å². The molecule has 1 amide bonds. The number of nitrogens with zero attached hydrogens (tertiary/aromatic N) is 1. The highest BCUT2D eigenvalue weighted by atomic mass is 32.2. The number of amides is 1. The van der Waals surface area contributed by atoms with Crippen molar-refractivity contribution in [3.63, 3.8) is 0 Å². The Labute approximate surface area is 181 Å². The fourth-order valence-electron chi connectivity index (χ4n) is 3.56. The van der Waals surface area contributed by atoms with Gasteiger partial charge in [0, 0.05) is 23.7 Å². The van der Waals surface area contributed by atoms with Crippen molar-refractivity contribution in [3.8, 4) is 5.75 Å². The number of hydrogen-bond acceptors (Lipinski definition) is 5. The molecule has 1 aliphatic rings. The van der Waals surface area contributed by atoms with E-state index in [4.69, 9.17) is 4.74 Å². The van der Waals surface area contributed by atoms with Gasteiger partial charge in [-0.3, -0.25) is 9.59 Å². The van der Waals surface area contributed by atoms with Crippen molar-refractivity contribution in [2.24, 2.45) is 0 Å². The molecule has 1 heterocycles. The van der Waals surface area contributed by atoms with E-state index in [9.17, 15) is 22.4 Å². The van der Waals surface area contributed by atoms with Crippen LogP contribution in [0.1, 0.15) is 42.1 Å². The van der Waals surface area contributed by atoms with Gasteiger partial charge in [-0.2, -0.15) is 0 Å². The maximum Gasteiger partial charge on any atom is 0.260 e. The molecule has 2 aromatic rings. The first kappa shape index (κ1) is 22.9. The predicted molar refractivity (Wildman–Crippen MR) is 115 cm³/mol. The first-order chi connectivity index (χ1) is 14.8. The predicted octanol–water partition coefficient (Wildman–Crippen LogP) is 3.25. The third kappa shape index (κ3) is 6.13. The van der Waals surface area contributed by atoms with Crippen LogP contribution in [0.25, 0.3) is 0 Å². The molecule has 0 saturated carbocycles. The summed E-state index contributed by atoms with van der Waals surface area (Å²) in [5.41, 5.74) is 0.800. The number of ketones is 1. The number of halogens is 1. The van der Waals surface area contributed by atoms with Gasteiger partial charge in [-0.05, 0) is 61.4 Å². The molecule has 1 aliphatic heterocycles. The lowest BCUT2D eigenvalue weighted by atomic mass is 10.0. The highest BCUT2D eigenvalue weighted by Crippen LogP contribution is 2.20. The lowest BCUT2D eigenvalue weighted by Crippen LogP contribution is -2.44. The van der Waals surface area contributed by atoms with E-state index in [2.05, 4.69) is 0 Å². The molecule has 0 spiro atoms. The van der Waals surface area contributed by atoms with E-state index in [0.29, 0.717) is 29.8 Å². The summed E-state index contributed by atoms with van der Waals surface area (Å²) in [4.78, 5) is 26.8. The quantitative estimate of drug-likeness (QED) is 0.551. The molecule has 3 rings (SSSR count). The van der Waals surface area contributed by atoms with Crippen LogP contribution >= 0.6 is 0 Å². The number of benzene rings is 2. The molecule has 1 atom stereocenters. The van der Waals surface area contributed by atoms with Crippen LogP contribution in [0.2, 0.25) is 0 Å². The summed E-state index contributed by atoms with van der Waals surface area (Å²) in [5.74, 6) is -0.356. The molecule has 1 saturated heterocycles. The number of rotatable bonds is 9. The summed E-state index contributed by atoms with van der Waals surface area (Å²) in [7, 11) is -3.09. The molecule has 0 aliphatic carbocycles. The number of hydrogen-bond donors (Lipinski definition) is 0. The molecule has 2 aromatic carbocycles. The first-order valence-electron chi connectivity index (χ1n) is 10.3. The Morgan fingerprint density at radius 3 is 2.23 bits per heavy atom. The largest absolute Gasteiger partial charge is 0.484 e. The standard InChI is InChI=1S/C23H26FNO5S/c1-2-3-13-25(20-12-14-31(28,29)16-20)22(26)15-30-21-10-6-18(7-11-21)23(27)17-4-8-19(24)9-5-17/h4-11,20H,2-3,12-16H2,1H3. The average molecular weight is 448 g/mol. The van der Waals surface area contributed by atoms with Crippen LogP contribution in [0.5, 0.6) is 5.75 Å². The van der Waals surface area contributed by atoms with Crippen molar-refractivity contribution in [2.75, 3.05) is 24.7 Å². The fraction of sp³-hybridized carbons (Fsp3) is 0.391. The number of sulfone groups is 1. The molecule has 8 heteroatoms. The van der Waals surface area contributed by atoms with Crippen LogP contribution < -0.4 is 4.74 Å². The van der Waals surface area contributed by atoms with Gasteiger partial charge in [0.05, 0.1) is 11.5 Å². The van der Waals surface area contributed by atoms with Gasteiger partial charge in [0.25, 0.3) is 5.91 Å². The number of unbranched alkanes of at least 4 members (excludes halogenated alkanes) is 1. The first-order valence-corrected chi connectivity index (χ1v) is 12.1. The second-order valence-electron chi connectivity index (χ2n) is 7.65. The maximum absolute atomic E-state index is 13.0. The van der Waals surface area contributed by atoms with Gasteiger partial charge < -0.3 is 9.64 Å². The van der Waals surface area contributed by atoms with Gasteiger partial charge in [-0.25, -0.2) is 12.8 Å². The molecular weight excluding hydrogens is 421 g/mol. The Morgan fingerprint density at radius 2 is 1.68 bits per heavy atom. The Hall–Kier alpha value is -2.74. The van der Waals surface area contributed by atoms with E-state index >= 15 is 0 Å². The van der Waals surface area contributed by atoms with Crippen LogP contribution in [0, 0.1) is 5.82 Å². The Morgan fingerprint density at radius 1 is 1.06 bits per heavy atom. The molecule has 0 bridgehead atoms. The SMILES string of the molecule is CCCCN(C(=O)COc1ccc(C(=O)c2ccc(F)cc2)cc1)C1CCS(=O)(=O)C1. The number of carbonyl (C=O) groups is 2. The summed E-state index contributed by atoms with van der Waals surface area (Å²) >= 11 is 0. The van der Waals surface area contributed by atoms with Crippen molar-refractivity contribution in [1.29, 1.82) is 0 Å². The molecule has 0 aromatic heterocycles. The van der Waals surface area contributed by atoms with Crippen molar-refractivity contribution < 1.29 is 27.1 Å². The van der Waals surface area contributed by atoms with Crippen LogP contribution in [-0.4, -0.2) is 55.7 Å². The Balaban J connectivity index is 1.60. The minimum Gasteiger partial charge on any atom is -0.484 e. The van der Waals surface area contributed by atoms with E-state index in [-0.39, 0.29) is 35.8 Å². The van der Waals surface area contributed by atoms with Crippen LogP contribution in [0.4, 0.5) is 4.39 Å². The summed E-state index contributed by atoms with van der Waals surface area (Å²) in [6, 6.07) is 11.4. The van der Waals surface area contributed by atoms with Crippen molar-refractivity contribution in [3.05, 3.63) is 65.5 Å². The van der Waals surface area contributed by atoms with Gasteiger partial charge in [0.15, 0.2) is 22.2 Å². The van der Waals surface area contributed by atoms with Crippen LogP contribution in [0.15, 0.2) is 48.5 Å². The van der Waals surface area contributed by atoms with Crippen LogP contribution in [-0.2, 0) is 14.6 Å². The average Bonchev–Trinajstić information content (AvgIpc) is 3.12. The second-order valence-corrected chi connectivity index (χ2v) is 9.88. The van der Waals surface area contributed by atoms with E-state index in [1.807, 2.05) is 6.92 Å². The van der Waals surface area contributed by atoms with E-state index < -0.39 is 15.7 Å². The molecule has 1 unspecified atom stereocenters. The monoisotopic (exact) mass is 447 g/mol. The second kappa shape index (κ2) is 10.0. The van der Waals surface area contributed by atoms with Gasteiger partial charge in [0.1, 0.15) is 11.6 Å². The molecule has 6 nitrogen and oxygen atoms in total. The normalized spacial score (nSPS) is 17.3. The third-order valence-electron chi connectivity index (χ3n) is 5.31. The van der Waals surface area contributed by atoms with Crippen LogP contribution in [0.3, 0.4) is 0 Å². The zero-order valence-electron chi connectivity index (χ0n) is 17.4. The lowest BCUT2D eigenvalue weighted by Gasteiger charge is -2.28. The summed E-state index contributed by atoms with van der Waals surface area (Å²) in [6.45, 7) is 2.31. The smallest absolute Gasteiger partial charge is 0.260 e. The molecule has 0 radical (unpaired) electrons. The Bertz CT molecular complexity index is 1020. The fourth-order valence-corrected chi connectivity index (χ4v) is 5.29. The highest BCUT2D eigenvalue weighted by molar-refractivity contribution is 7.91. The molecule has 1 fully saturated rings. The zero-order chi connectivity index (χ0) is 22.4. The van der Waals surface area contributed by atoms with Gasteiger partial charge in [0.2, 0.25) is 0 Å². The van der Waals surface area contributed by atoms with Gasteiger partial charge in [-0.15, -0.1) is 0 Å². The minimum atomic E-state index is -3.09. The van der Waals surface area contributed by atoms with Crippen molar-refractivity contribution in [1.82, 2.24) is 4.90 Å². The van der Waals surface area contributed by atoms with Gasteiger partial charge >= 0.3 is 0 Å². The lowest BCUT2D eigenvalue weighted by molar-refractivity contribution is -0.135. The maximum atomic E-state index is 13.0. The Kier molecular flexibility index (Phi) is 7.43. The topological polar surface area (TPSA) is 80.8 Å². The molecule has 166 valence electrons. The number of carbonyl (C=O) groups excluding carboxylic acids is 2. The van der Waals surface area contributed by atoms with Crippen molar-refractivity contribution in [2.45, 2.75) is 32.2 Å². The number of ether oxygens (including phenoxy) is 1. The summed E-state index contributed by atoms with van der Waals surface area (Å²) in [5, 5.41) is 0. The minimum absolute atomic E-state index is 0.00263. The third-order valence-corrected chi connectivity index (χ3v) is 7.06. The zero-order valence-corrected chi connectivity index (χ0v) is 18.2. The van der Waals surface area contributed by atoms with E-state index in [0.717, 1.165) is 12.8 Å². The van der Waals surface area contributed by atoms with Gasteiger partial charge in [-0.1, -0.05) is 13.3 Å². The highest BCUT2D eigenvalue weighted by Gasteiger charge is 2.34. The van der Waals surface area contributed by atoms with E-state index in [1.54, 1.807) is 29.2 Å². The molecule has 0 N–H and O–H groups in total. The molecular formula is C23H26FNO5S. The summed E-state index contributed by atoms with van der Waals surface area (Å²) in [6.07, 6.45) is 2.15. The van der Waals surface area contributed by atoms with Crippen molar-refractivity contribution >= 4 is 21.5 Å². The summed E-state index contributed by atoms with van der Waals surface area (Å²) < 4.78 is 42.2.